The minimum atomic E-state index is -3.57. The number of nitriles is 1. The van der Waals surface area contributed by atoms with Crippen molar-refractivity contribution in [1.29, 1.82) is 5.26 Å². The molecule has 1 aromatic carbocycles. The van der Waals surface area contributed by atoms with Crippen LogP contribution in [0.4, 0.5) is 0 Å². The van der Waals surface area contributed by atoms with Gasteiger partial charge in [0, 0.05) is 0 Å². The highest BCUT2D eigenvalue weighted by atomic mass is 32.2. The van der Waals surface area contributed by atoms with E-state index in [0.717, 1.165) is 0 Å². The van der Waals surface area contributed by atoms with Crippen LogP contribution in [0.2, 0.25) is 0 Å². The van der Waals surface area contributed by atoms with Gasteiger partial charge in [-0.3, -0.25) is 0 Å². The van der Waals surface area contributed by atoms with E-state index in [1.807, 2.05) is 6.07 Å². The zero-order chi connectivity index (χ0) is 12.7. The molecule has 4 nitrogen and oxygen atoms in total. The van der Waals surface area contributed by atoms with Crippen LogP contribution in [0.3, 0.4) is 0 Å². The Morgan fingerprint density at radius 3 is 2.29 bits per heavy atom. The summed E-state index contributed by atoms with van der Waals surface area (Å²) < 4.78 is 28.3. The third-order valence-corrected chi connectivity index (χ3v) is 5.80. The molecule has 0 saturated heterocycles. The molecule has 0 heterocycles. The molecule has 1 aliphatic rings. The van der Waals surface area contributed by atoms with E-state index in [2.05, 4.69) is 0 Å². The summed E-state index contributed by atoms with van der Waals surface area (Å²) in [5.41, 5.74) is 0. The Bertz CT molecular complexity index is 571. The van der Waals surface area contributed by atoms with Crippen LogP contribution in [-0.4, -0.2) is 20.3 Å². The van der Waals surface area contributed by atoms with Gasteiger partial charge in [0.05, 0.1) is 18.1 Å². The van der Waals surface area contributed by atoms with Gasteiger partial charge in [0.2, 0.25) is 0 Å². The average molecular weight is 251 g/mol. The topological polar surface area (TPSA) is 67.2 Å². The Balaban J connectivity index is 2.43. The predicted octanol–water partition coefficient (Wildman–Crippen LogP) is 1.77. The van der Waals surface area contributed by atoms with Crippen LogP contribution in [-0.2, 0) is 9.84 Å². The van der Waals surface area contributed by atoms with E-state index < -0.39 is 14.6 Å². The molecule has 1 aromatic rings. The summed E-state index contributed by atoms with van der Waals surface area (Å²) in [4.78, 5) is 0.184. The van der Waals surface area contributed by atoms with Gasteiger partial charge in [-0.1, -0.05) is 6.92 Å². The van der Waals surface area contributed by atoms with E-state index in [1.54, 1.807) is 19.1 Å². The third-order valence-electron chi connectivity index (χ3n) is 3.28. The van der Waals surface area contributed by atoms with Crippen molar-refractivity contribution in [1.82, 2.24) is 0 Å². The third kappa shape index (κ3) is 1.60. The summed E-state index contributed by atoms with van der Waals surface area (Å²) >= 11 is 0. The molecule has 2 atom stereocenters. The van der Waals surface area contributed by atoms with Gasteiger partial charge in [0.25, 0.3) is 0 Å². The molecule has 0 aromatic heterocycles. The van der Waals surface area contributed by atoms with Gasteiger partial charge in [-0.25, -0.2) is 8.42 Å². The van der Waals surface area contributed by atoms with E-state index in [1.165, 1.54) is 19.2 Å². The molecule has 0 spiro atoms. The van der Waals surface area contributed by atoms with Crippen molar-refractivity contribution in [3.05, 3.63) is 24.3 Å². The van der Waals surface area contributed by atoms with Gasteiger partial charge < -0.3 is 4.74 Å². The van der Waals surface area contributed by atoms with E-state index >= 15 is 0 Å². The number of ether oxygens (including phenoxy) is 1. The van der Waals surface area contributed by atoms with Crippen LogP contribution >= 0.6 is 0 Å². The lowest BCUT2D eigenvalue weighted by molar-refractivity contribution is 0.414. The Kier molecular flexibility index (Phi) is 2.63. The van der Waals surface area contributed by atoms with E-state index in [-0.39, 0.29) is 10.8 Å². The quantitative estimate of drug-likeness (QED) is 0.821. The first kappa shape index (κ1) is 11.9. The number of benzene rings is 1. The fraction of sp³-hybridized carbons (Fsp3) is 0.417. The minimum Gasteiger partial charge on any atom is -0.497 e. The molecule has 0 aliphatic heterocycles. The van der Waals surface area contributed by atoms with Gasteiger partial charge in [-0.15, -0.1) is 0 Å². The fourth-order valence-electron chi connectivity index (χ4n) is 1.95. The molecule has 0 N–H and O–H groups in total. The molecular weight excluding hydrogens is 238 g/mol. The zero-order valence-corrected chi connectivity index (χ0v) is 10.5. The van der Waals surface area contributed by atoms with Gasteiger partial charge >= 0.3 is 0 Å². The SMILES string of the molecule is COc1ccc(S(=O)(=O)C2(C#N)CC2C)cc1. The minimum absolute atomic E-state index is 0.0976. The highest BCUT2D eigenvalue weighted by Crippen LogP contribution is 2.51. The monoisotopic (exact) mass is 251 g/mol. The number of nitrogens with zero attached hydrogens (tertiary/aromatic N) is 1. The molecular formula is C12H13NO3S. The largest absolute Gasteiger partial charge is 0.497 e. The molecule has 0 radical (unpaired) electrons. The lowest BCUT2D eigenvalue weighted by Crippen LogP contribution is -2.23. The first-order chi connectivity index (χ1) is 7.98. The van der Waals surface area contributed by atoms with Crippen molar-refractivity contribution < 1.29 is 13.2 Å². The maximum absolute atomic E-state index is 12.3. The summed E-state index contributed by atoms with van der Waals surface area (Å²) in [5.74, 6) is 0.499. The van der Waals surface area contributed by atoms with Crippen molar-refractivity contribution in [3.63, 3.8) is 0 Å². The zero-order valence-electron chi connectivity index (χ0n) is 9.67. The summed E-state index contributed by atoms with van der Waals surface area (Å²) in [6.45, 7) is 1.78. The first-order valence-electron chi connectivity index (χ1n) is 5.28. The highest BCUT2D eigenvalue weighted by molar-refractivity contribution is 7.93. The lowest BCUT2D eigenvalue weighted by Gasteiger charge is -2.10. The number of hydrogen-bond donors (Lipinski definition) is 0. The molecule has 90 valence electrons. The maximum Gasteiger partial charge on any atom is 0.197 e. The first-order valence-corrected chi connectivity index (χ1v) is 6.76. The molecule has 17 heavy (non-hydrogen) atoms. The summed E-state index contributed by atoms with van der Waals surface area (Å²) in [5, 5.41) is 9.07. The van der Waals surface area contributed by atoms with Gasteiger partial charge in [0.1, 0.15) is 5.75 Å². The van der Waals surface area contributed by atoms with E-state index in [9.17, 15) is 8.42 Å². The maximum atomic E-state index is 12.3. The molecule has 1 saturated carbocycles. The molecule has 5 heteroatoms. The Labute approximate surface area is 101 Å². The Morgan fingerprint density at radius 2 is 1.94 bits per heavy atom. The van der Waals surface area contributed by atoms with E-state index in [0.29, 0.717) is 12.2 Å². The van der Waals surface area contributed by atoms with Crippen molar-refractivity contribution in [3.8, 4) is 11.8 Å². The van der Waals surface area contributed by atoms with Gasteiger partial charge in [-0.2, -0.15) is 5.26 Å². The van der Waals surface area contributed by atoms with Crippen molar-refractivity contribution in [2.75, 3.05) is 7.11 Å². The van der Waals surface area contributed by atoms with Crippen LogP contribution in [0.15, 0.2) is 29.2 Å². The van der Waals surface area contributed by atoms with Crippen LogP contribution in [0, 0.1) is 17.2 Å². The van der Waals surface area contributed by atoms with Crippen LogP contribution in [0.5, 0.6) is 5.75 Å². The molecule has 1 fully saturated rings. The lowest BCUT2D eigenvalue weighted by atomic mass is 10.3. The predicted molar refractivity (Wildman–Crippen MR) is 62.3 cm³/mol. The van der Waals surface area contributed by atoms with Crippen LogP contribution < -0.4 is 4.74 Å². The van der Waals surface area contributed by atoms with Crippen molar-refractivity contribution in [2.45, 2.75) is 23.0 Å². The second-order valence-electron chi connectivity index (χ2n) is 4.29. The summed E-state index contributed by atoms with van der Waals surface area (Å²) in [7, 11) is -2.05. The van der Waals surface area contributed by atoms with Crippen molar-refractivity contribution >= 4 is 9.84 Å². The normalized spacial score (nSPS) is 27.2. The molecule has 2 unspecified atom stereocenters. The summed E-state index contributed by atoms with van der Waals surface area (Å²) in [6.07, 6.45) is 0.415. The second kappa shape index (κ2) is 3.74. The molecule has 0 bridgehead atoms. The molecule has 1 aliphatic carbocycles. The number of hydrogen-bond acceptors (Lipinski definition) is 4. The van der Waals surface area contributed by atoms with Crippen LogP contribution in [0.1, 0.15) is 13.3 Å². The number of sulfone groups is 1. The van der Waals surface area contributed by atoms with Crippen molar-refractivity contribution in [2.24, 2.45) is 5.92 Å². The highest BCUT2D eigenvalue weighted by Gasteiger charge is 2.62. The van der Waals surface area contributed by atoms with E-state index in [4.69, 9.17) is 10.00 Å². The number of rotatable bonds is 3. The number of methoxy groups -OCH3 is 1. The smallest absolute Gasteiger partial charge is 0.197 e. The summed E-state index contributed by atoms with van der Waals surface area (Å²) in [6, 6.07) is 8.10. The van der Waals surface area contributed by atoms with Gasteiger partial charge in [-0.05, 0) is 36.6 Å². The Morgan fingerprint density at radius 1 is 1.41 bits per heavy atom. The molecule has 0 amide bonds. The molecule has 2 rings (SSSR count). The standard InChI is InChI=1S/C12H13NO3S/c1-9-7-12(9,8-13)17(14,15)11-5-3-10(16-2)4-6-11/h3-6,9H,7H2,1-2H3. The van der Waals surface area contributed by atoms with Crippen LogP contribution in [0.25, 0.3) is 0 Å². The average Bonchev–Trinajstić information content (AvgIpc) is 3.02. The fourth-order valence-corrected chi connectivity index (χ4v) is 3.99. The second-order valence-corrected chi connectivity index (χ2v) is 6.49. The Hall–Kier alpha value is -1.54. The van der Waals surface area contributed by atoms with Gasteiger partial charge in [0.15, 0.2) is 14.6 Å².